The van der Waals surface area contributed by atoms with Crippen LogP contribution in [-0.4, -0.2) is 51.9 Å². The van der Waals surface area contributed by atoms with Gasteiger partial charge in [0.05, 0.1) is 6.26 Å². The summed E-state index contributed by atoms with van der Waals surface area (Å²) in [6, 6.07) is 4.60. The van der Waals surface area contributed by atoms with Crippen LogP contribution in [0.4, 0.5) is 5.95 Å². The Labute approximate surface area is 138 Å². The SMILES string of the molecule is CCC(C)N1CCN(c2nnc(CCc3ccco3)n2C)CC1. The van der Waals surface area contributed by atoms with Crippen LogP contribution in [0.15, 0.2) is 22.8 Å². The molecule has 1 aliphatic rings. The molecule has 0 N–H and O–H groups in total. The molecule has 2 aromatic heterocycles. The molecule has 0 bridgehead atoms. The fraction of sp³-hybridized carbons (Fsp3) is 0.647. The van der Waals surface area contributed by atoms with E-state index in [4.69, 9.17) is 4.42 Å². The first kappa shape index (κ1) is 16.1. The van der Waals surface area contributed by atoms with Crippen LogP contribution >= 0.6 is 0 Å². The molecule has 6 heteroatoms. The summed E-state index contributed by atoms with van der Waals surface area (Å²) in [5, 5.41) is 8.80. The highest BCUT2D eigenvalue weighted by atomic mass is 16.3. The highest BCUT2D eigenvalue weighted by Crippen LogP contribution is 2.17. The highest BCUT2D eigenvalue weighted by Gasteiger charge is 2.23. The molecule has 1 aliphatic heterocycles. The van der Waals surface area contributed by atoms with Crippen LogP contribution < -0.4 is 4.90 Å². The van der Waals surface area contributed by atoms with Gasteiger partial charge >= 0.3 is 0 Å². The average Bonchev–Trinajstić information content (AvgIpc) is 3.22. The van der Waals surface area contributed by atoms with Crippen molar-refractivity contribution in [3.63, 3.8) is 0 Å². The smallest absolute Gasteiger partial charge is 0.227 e. The number of nitrogens with zero attached hydrogens (tertiary/aromatic N) is 5. The molecule has 0 amide bonds. The number of aryl methyl sites for hydroxylation is 2. The molecule has 1 saturated heterocycles. The third-order valence-electron chi connectivity index (χ3n) is 4.93. The lowest BCUT2D eigenvalue weighted by atomic mass is 10.2. The Bertz CT molecular complexity index is 599. The van der Waals surface area contributed by atoms with Gasteiger partial charge in [0.15, 0.2) is 0 Å². The number of rotatable bonds is 6. The molecule has 1 fully saturated rings. The average molecular weight is 317 g/mol. The number of aromatic nitrogens is 3. The first-order valence-electron chi connectivity index (χ1n) is 8.58. The Hall–Kier alpha value is -1.82. The van der Waals surface area contributed by atoms with E-state index in [2.05, 4.69) is 45.5 Å². The summed E-state index contributed by atoms with van der Waals surface area (Å²) in [5.74, 6) is 3.00. The minimum absolute atomic E-state index is 0.667. The van der Waals surface area contributed by atoms with E-state index in [0.29, 0.717) is 6.04 Å². The quantitative estimate of drug-likeness (QED) is 0.817. The van der Waals surface area contributed by atoms with Crippen LogP contribution in [0.3, 0.4) is 0 Å². The summed E-state index contributed by atoms with van der Waals surface area (Å²) in [6.45, 7) is 8.81. The topological polar surface area (TPSA) is 50.3 Å². The third-order valence-corrected chi connectivity index (χ3v) is 4.93. The molecule has 1 atom stereocenters. The van der Waals surface area contributed by atoms with E-state index >= 15 is 0 Å². The monoisotopic (exact) mass is 317 g/mol. The zero-order valence-electron chi connectivity index (χ0n) is 14.4. The van der Waals surface area contributed by atoms with Crippen molar-refractivity contribution in [3.05, 3.63) is 30.0 Å². The largest absolute Gasteiger partial charge is 0.469 e. The van der Waals surface area contributed by atoms with Crippen LogP contribution in [0.2, 0.25) is 0 Å². The van der Waals surface area contributed by atoms with Crippen LogP contribution in [0.1, 0.15) is 31.9 Å². The maximum Gasteiger partial charge on any atom is 0.227 e. The Morgan fingerprint density at radius 3 is 2.61 bits per heavy atom. The first-order chi connectivity index (χ1) is 11.2. The molecule has 3 heterocycles. The molecule has 0 saturated carbocycles. The minimum Gasteiger partial charge on any atom is -0.469 e. The molecule has 6 nitrogen and oxygen atoms in total. The normalized spacial score (nSPS) is 17.6. The van der Waals surface area contributed by atoms with Gasteiger partial charge in [0.1, 0.15) is 11.6 Å². The first-order valence-corrected chi connectivity index (χ1v) is 8.58. The van der Waals surface area contributed by atoms with Crippen molar-refractivity contribution in [2.75, 3.05) is 31.1 Å². The minimum atomic E-state index is 0.667. The van der Waals surface area contributed by atoms with Crippen molar-refractivity contribution in [1.82, 2.24) is 19.7 Å². The van der Waals surface area contributed by atoms with E-state index in [0.717, 1.165) is 56.6 Å². The maximum atomic E-state index is 5.39. The Morgan fingerprint density at radius 1 is 1.17 bits per heavy atom. The molecule has 0 spiro atoms. The van der Waals surface area contributed by atoms with Crippen LogP contribution in [0.25, 0.3) is 0 Å². The van der Waals surface area contributed by atoms with Crippen LogP contribution in [0.5, 0.6) is 0 Å². The van der Waals surface area contributed by atoms with Gasteiger partial charge < -0.3 is 13.9 Å². The summed E-state index contributed by atoms with van der Waals surface area (Å²) in [4.78, 5) is 4.91. The molecule has 0 radical (unpaired) electrons. The zero-order valence-corrected chi connectivity index (χ0v) is 14.4. The number of hydrogen-bond donors (Lipinski definition) is 0. The molecule has 1 unspecified atom stereocenters. The van der Waals surface area contributed by atoms with Gasteiger partial charge in [0.2, 0.25) is 5.95 Å². The van der Waals surface area contributed by atoms with Gasteiger partial charge in [0.25, 0.3) is 0 Å². The van der Waals surface area contributed by atoms with Gasteiger partial charge in [-0.3, -0.25) is 4.90 Å². The second-order valence-corrected chi connectivity index (χ2v) is 6.33. The number of furan rings is 1. The van der Waals surface area contributed by atoms with E-state index < -0.39 is 0 Å². The molecular weight excluding hydrogens is 290 g/mol. The predicted molar refractivity (Wildman–Crippen MR) is 90.7 cm³/mol. The number of anilines is 1. The summed E-state index contributed by atoms with van der Waals surface area (Å²) in [6.07, 6.45) is 4.64. The molecule has 126 valence electrons. The molecule has 0 aliphatic carbocycles. The Kier molecular flexibility index (Phi) is 5.00. The highest BCUT2D eigenvalue weighted by molar-refractivity contribution is 5.32. The molecule has 23 heavy (non-hydrogen) atoms. The van der Waals surface area contributed by atoms with Crippen molar-refractivity contribution < 1.29 is 4.42 Å². The van der Waals surface area contributed by atoms with Crippen molar-refractivity contribution in [2.45, 2.75) is 39.2 Å². The summed E-state index contributed by atoms with van der Waals surface area (Å²) >= 11 is 0. The van der Waals surface area contributed by atoms with Gasteiger partial charge in [-0.05, 0) is 25.5 Å². The second kappa shape index (κ2) is 7.17. The van der Waals surface area contributed by atoms with Gasteiger partial charge in [-0.25, -0.2) is 0 Å². The van der Waals surface area contributed by atoms with E-state index in [1.165, 1.54) is 6.42 Å². The molecule has 0 aromatic carbocycles. The van der Waals surface area contributed by atoms with Gasteiger partial charge in [0, 0.05) is 52.1 Å². The number of piperazine rings is 1. The van der Waals surface area contributed by atoms with Crippen molar-refractivity contribution >= 4 is 5.95 Å². The summed E-state index contributed by atoms with van der Waals surface area (Å²) in [7, 11) is 2.06. The zero-order chi connectivity index (χ0) is 16.2. The lowest BCUT2D eigenvalue weighted by molar-refractivity contribution is 0.191. The van der Waals surface area contributed by atoms with Gasteiger partial charge in [-0.2, -0.15) is 0 Å². The van der Waals surface area contributed by atoms with E-state index in [1.807, 2.05) is 12.1 Å². The predicted octanol–water partition coefficient (Wildman–Crippen LogP) is 2.11. The number of hydrogen-bond acceptors (Lipinski definition) is 5. The molecular formula is C17H27N5O. The van der Waals surface area contributed by atoms with Crippen molar-refractivity contribution in [3.8, 4) is 0 Å². The standard InChI is InChI=1S/C17H27N5O/c1-4-14(2)21-9-11-22(12-10-21)17-19-18-16(20(17)3)8-7-15-6-5-13-23-15/h5-6,13-14H,4,7-12H2,1-3H3. The Balaban J connectivity index is 1.59. The van der Waals surface area contributed by atoms with Crippen LogP contribution in [0, 0.1) is 0 Å². The van der Waals surface area contributed by atoms with Crippen LogP contribution in [-0.2, 0) is 19.9 Å². The molecule has 3 rings (SSSR count). The fourth-order valence-electron chi connectivity index (χ4n) is 3.16. The second-order valence-electron chi connectivity index (χ2n) is 6.33. The van der Waals surface area contributed by atoms with Crippen molar-refractivity contribution in [1.29, 1.82) is 0 Å². The van der Waals surface area contributed by atoms with Gasteiger partial charge in [-0.1, -0.05) is 6.92 Å². The van der Waals surface area contributed by atoms with Gasteiger partial charge in [-0.15, -0.1) is 10.2 Å². The maximum absolute atomic E-state index is 5.39. The third kappa shape index (κ3) is 3.58. The van der Waals surface area contributed by atoms with Crippen molar-refractivity contribution in [2.24, 2.45) is 7.05 Å². The summed E-state index contributed by atoms with van der Waals surface area (Å²) < 4.78 is 7.52. The Morgan fingerprint density at radius 2 is 1.96 bits per heavy atom. The summed E-state index contributed by atoms with van der Waals surface area (Å²) in [5.41, 5.74) is 0. The lowest BCUT2D eigenvalue weighted by Crippen LogP contribution is -2.50. The molecule has 2 aromatic rings. The van der Waals surface area contributed by atoms with E-state index in [9.17, 15) is 0 Å². The fourth-order valence-corrected chi connectivity index (χ4v) is 3.16. The van der Waals surface area contributed by atoms with E-state index in [-0.39, 0.29) is 0 Å². The van der Waals surface area contributed by atoms with E-state index in [1.54, 1.807) is 6.26 Å². The lowest BCUT2D eigenvalue weighted by Gasteiger charge is -2.38.